The van der Waals surface area contributed by atoms with E-state index in [1.807, 2.05) is 5.38 Å². The number of rotatable bonds is 6. The molecule has 23 heavy (non-hydrogen) atoms. The average Bonchev–Trinajstić information content (AvgIpc) is 3.18. The molecule has 2 aromatic heterocycles. The average molecular weight is 335 g/mol. The Hall–Kier alpha value is -1.77. The van der Waals surface area contributed by atoms with Gasteiger partial charge >= 0.3 is 0 Å². The van der Waals surface area contributed by atoms with Crippen molar-refractivity contribution in [1.29, 1.82) is 0 Å². The molecule has 0 saturated carbocycles. The van der Waals surface area contributed by atoms with Gasteiger partial charge in [0.1, 0.15) is 0 Å². The highest BCUT2D eigenvalue weighted by Crippen LogP contribution is 2.18. The lowest BCUT2D eigenvalue weighted by molar-refractivity contribution is 0.0337. The van der Waals surface area contributed by atoms with E-state index in [-0.39, 0.29) is 5.91 Å². The van der Waals surface area contributed by atoms with Gasteiger partial charge in [0.25, 0.3) is 5.91 Å². The first-order chi connectivity index (χ1) is 11.2. The standard InChI is InChI=1S/C15H21N5O2S/c1-2-3-11-8-13(19-18-11)14(21)17-15-16-12(10-23-15)9-20-4-6-22-7-5-20/h8,10H,2-7,9H2,1H3,(H,18,19)(H,16,17,21). The first-order valence-electron chi connectivity index (χ1n) is 7.84. The molecule has 0 aliphatic carbocycles. The zero-order chi connectivity index (χ0) is 16.1. The monoisotopic (exact) mass is 335 g/mol. The second-order valence-electron chi connectivity index (χ2n) is 5.52. The van der Waals surface area contributed by atoms with E-state index in [0.717, 1.165) is 57.1 Å². The third-order valence-corrected chi connectivity index (χ3v) is 4.45. The molecule has 7 nitrogen and oxygen atoms in total. The van der Waals surface area contributed by atoms with Crippen LogP contribution in [-0.4, -0.2) is 52.3 Å². The highest BCUT2D eigenvalue weighted by molar-refractivity contribution is 7.13. The summed E-state index contributed by atoms with van der Waals surface area (Å²) in [5, 5.41) is 12.3. The molecular formula is C15H21N5O2S. The van der Waals surface area contributed by atoms with Crippen LogP contribution in [0.25, 0.3) is 0 Å². The van der Waals surface area contributed by atoms with E-state index in [2.05, 4.69) is 32.3 Å². The summed E-state index contributed by atoms with van der Waals surface area (Å²) in [6.45, 7) is 6.27. The van der Waals surface area contributed by atoms with E-state index in [9.17, 15) is 4.79 Å². The zero-order valence-corrected chi connectivity index (χ0v) is 14.0. The molecule has 3 rings (SSSR count). The Balaban J connectivity index is 1.56. The Bertz CT molecular complexity index is 648. The molecule has 0 atom stereocenters. The molecule has 124 valence electrons. The number of morpholine rings is 1. The van der Waals surface area contributed by atoms with E-state index in [1.165, 1.54) is 11.3 Å². The second kappa shape index (κ2) is 7.67. The molecule has 0 bridgehead atoms. The van der Waals surface area contributed by atoms with Crippen molar-refractivity contribution >= 4 is 22.4 Å². The first kappa shape index (κ1) is 16.1. The van der Waals surface area contributed by atoms with E-state index >= 15 is 0 Å². The highest BCUT2D eigenvalue weighted by atomic mass is 32.1. The topological polar surface area (TPSA) is 83.1 Å². The summed E-state index contributed by atoms with van der Waals surface area (Å²) in [6, 6.07) is 1.79. The lowest BCUT2D eigenvalue weighted by Gasteiger charge is -2.25. The van der Waals surface area contributed by atoms with Gasteiger partial charge in [0, 0.05) is 30.7 Å². The van der Waals surface area contributed by atoms with Crippen molar-refractivity contribution < 1.29 is 9.53 Å². The molecule has 1 fully saturated rings. The number of nitrogens with one attached hydrogen (secondary N) is 2. The number of H-pyrrole nitrogens is 1. The number of hydrogen-bond donors (Lipinski definition) is 2. The van der Waals surface area contributed by atoms with Gasteiger partial charge in [-0.3, -0.25) is 20.1 Å². The molecule has 8 heteroatoms. The number of carbonyl (C=O) groups excluding carboxylic acids is 1. The van der Waals surface area contributed by atoms with Crippen LogP contribution in [0.2, 0.25) is 0 Å². The fourth-order valence-corrected chi connectivity index (χ4v) is 3.16. The molecule has 0 aromatic carbocycles. The Morgan fingerprint density at radius 1 is 1.48 bits per heavy atom. The highest BCUT2D eigenvalue weighted by Gasteiger charge is 2.15. The predicted octanol–water partition coefficient (Wildman–Crippen LogP) is 1.90. The maximum Gasteiger partial charge on any atom is 0.277 e. The van der Waals surface area contributed by atoms with Crippen LogP contribution in [0, 0.1) is 0 Å². The van der Waals surface area contributed by atoms with Crippen LogP contribution in [0.1, 0.15) is 35.2 Å². The van der Waals surface area contributed by atoms with Crippen LogP contribution in [0.3, 0.4) is 0 Å². The maximum atomic E-state index is 12.2. The zero-order valence-electron chi connectivity index (χ0n) is 13.2. The third-order valence-electron chi connectivity index (χ3n) is 3.64. The molecular weight excluding hydrogens is 314 g/mol. The Morgan fingerprint density at radius 3 is 3.09 bits per heavy atom. The Labute approximate surface area is 139 Å². The number of carbonyl (C=O) groups is 1. The summed E-state index contributed by atoms with van der Waals surface area (Å²) in [7, 11) is 0. The SMILES string of the molecule is CCCc1cc(C(=O)Nc2nc(CN3CCOCC3)cs2)n[nH]1. The summed E-state index contributed by atoms with van der Waals surface area (Å²) in [5.41, 5.74) is 2.35. The number of anilines is 1. The van der Waals surface area contributed by atoms with Gasteiger partial charge in [-0.1, -0.05) is 13.3 Å². The molecule has 1 amide bonds. The van der Waals surface area contributed by atoms with Crippen molar-refractivity contribution in [1.82, 2.24) is 20.1 Å². The fraction of sp³-hybridized carbons (Fsp3) is 0.533. The molecule has 3 heterocycles. The van der Waals surface area contributed by atoms with Crippen molar-refractivity contribution in [2.75, 3.05) is 31.6 Å². The molecule has 0 spiro atoms. The molecule has 1 saturated heterocycles. The minimum atomic E-state index is -0.226. The fourth-order valence-electron chi connectivity index (χ4n) is 2.46. The summed E-state index contributed by atoms with van der Waals surface area (Å²) in [5.74, 6) is -0.226. The van der Waals surface area contributed by atoms with Crippen LogP contribution < -0.4 is 5.32 Å². The van der Waals surface area contributed by atoms with Gasteiger partial charge in [-0.25, -0.2) is 4.98 Å². The number of ether oxygens (including phenoxy) is 1. The van der Waals surface area contributed by atoms with Crippen molar-refractivity contribution in [2.24, 2.45) is 0 Å². The van der Waals surface area contributed by atoms with Gasteiger partial charge in [-0.15, -0.1) is 11.3 Å². The van der Waals surface area contributed by atoms with Crippen molar-refractivity contribution in [2.45, 2.75) is 26.3 Å². The Kier molecular flexibility index (Phi) is 5.37. The van der Waals surface area contributed by atoms with Crippen LogP contribution >= 0.6 is 11.3 Å². The van der Waals surface area contributed by atoms with Crippen molar-refractivity contribution in [3.63, 3.8) is 0 Å². The van der Waals surface area contributed by atoms with Crippen molar-refractivity contribution in [3.8, 4) is 0 Å². The van der Waals surface area contributed by atoms with Gasteiger partial charge in [0.05, 0.1) is 18.9 Å². The van der Waals surface area contributed by atoms with Gasteiger partial charge in [-0.05, 0) is 12.5 Å². The predicted molar refractivity (Wildman–Crippen MR) is 88.7 cm³/mol. The normalized spacial score (nSPS) is 15.7. The van der Waals surface area contributed by atoms with Crippen molar-refractivity contribution in [3.05, 3.63) is 28.5 Å². The number of aromatic nitrogens is 3. The van der Waals surface area contributed by atoms with E-state index < -0.39 is 0 Å². The summed E-state index contributed by atoms with van der Waals surface area (Å²) >= 11 is 1.44. The first-order valence-corrected chi connectivity index (χ1v) is 8.72. The number of aromatic amines is 1. The number of amides is 1. The summed E-state index contributed by atoms with van der Waals surface area (Å²) in [4.78, 5) is 19.0. The van der Waals surface area contributed by atoms with E-state index in [4.69, 9.17) is 4.74 Å². The molecule has 1 aliphatic rings. The summed E-state index contributed by atoms with van der Waals surface area (Å²) < 4.78 is 5.34. The molecule has 2 aromatic rings. The minimum absolute atomic E-state index is 0.226. The lowest BCUT2D eigenvalue weighted by atomic mass is 10.2. The van der Waals surface area contributed by atoms with Gasteiger partial charge in [-0.2, -0.15) is 5.10 Å². The van der Waals surface area contributed by atoms with Gasteiger partial charge < -0.3 is 4.74 Å². The van der Waals surface area contributed by atoms with Crippen LogP contribution in [-0.2, 0) is 17.7 Å². The minimum Gasteiger partial charge on any atom is -0.379 e. The quantitative estimate of drug-likeness (QED) is 0.842. The van der Waals surface area contributed by atoms with E-state index in [1.54, 1.807) is 6.07 Å². The number of aryl methyl sites for hydroxylation is 1. The van der Waals surface area contributed by atoms with E-state index in [0.29, 0.717) is 10.8 Å². The Morgan fingerprint density at radius 2 is 2.30 bits per heavy atom. The van der Waals surface area contributed by atoms with Gasteiger partial charge in [0.2, 0.25) is 0 Å². The van der Waals surface area contributed by atoms with Gasteiger partial charge in [0.15, 0.2) is 10.8 Å². The second-order valence-corrected chi connectivity index (χ2v) is 6.37. The number of thiazole rings is 1. The van der Waals surface area contributed by atoms with Crippen LogP contribution in [0.4, 0.5) is 5.13 Å². The van der Waals surface area contributed by atoms with Crippen LogP contribution in [0.5, 0.6) is 0 Å². The molecule has 2 N–H and O–H groups in total. The summed E-state index contributed by atoms with van der Waals surface area (Å²) in [6.07, 6.45) is 1.90. The maximum absolute atomic E-state index is 12.2. The number of hydrogen-bond acceptors (Lipinski definition) is 6. The lowest BCUT2D eigenvalue weighted by Crippen LogP contribution is -2.35. The smallest absolute Gasteiger partial charge is 0.277 e. The molecule has 0 unspecified atom stereocenters. The largest absolute Gasteiger partial charge is 0.379 e. The molecule has 0 radical (unpaired) electrons. The third kappa shape index (κ3) is 4.37. The van der Waals surface area contributed by atoms with Crippen LogP contribution in [0.15, 0.2) is 11.4 Å². The molecule has 1 aliphatic heterocycles. The number of nitrogens with zero attached hydrogens (tertiary/aromatic N) is 3.